The van der Waals surface area contributed by atoms with Crippen molar-refractivity contribution in [2.24, 2.45) is 0 Å². The van der Waals surface area contributed by atoms with Gasteiger partial charge in [-0.3, -0.25) is 0 Å². The Morgan fingerprint density at radius 2 is 1.60 bits per heavy atom. The highest BCUT2D eigenvalue weighted by Gasteiger charge is 2.11. The molecule has 2 heteroatoms. The fraction of sp³-hybridized carbons (Fsp3) is 0.333. The van der Waals surface area contributed by atoms with Crippen LogP contribution in [0.4, 0.5) is 0 Å². The van der Waals surface area contributed by atoms with Gasteiger partial charge in [0.1, 0.15) is 5.75 Å². The minimum absolute atomic E-state index is 0.183. The number of hydrogen-bond acceptors (Lipinski definition) is 2. The summed E-state index contributed by atoms with van der Waals surface area (Å²) in [5, 5.41) is 3.25. The van der Waals surface area contributed by atoms with Crippen molar-refractivity contribution in [1.82, 2.24) is 5.32 Å². The molecule has 0 spiro atoms. The summed E-state index contributed by atoms with van der Waals surface area (Å²) in [5.41, 5.74) is 2.34. The molecule has 2 nitrogen and oxygen atoms in total. The first kappa shape index (κ1) is 14.6. The third-order valence-electron chi connectivity index (χ3n) is 3.48. The van der Waals surface area contributed by atoms with Gasteiger partial charge >= 0.3 is 0 Å². The summed E-state index contributed by atoms with van der Waals surface area (Å²) in [7, 11) is 1.98. The van der Waals surface area contributed by atoms with Crippen LogP contribution in [-0.2, 0) is 0 Å². The van der Waals surface area contributed by atoms with E-state index in [1.807, 2.05) is 25.2 Å². The van der Waals surface area contributed by atoms with E-state index in [1.165, 1.54) is 5.56 Å². The maximum absolute atomic E-state index is 6.13. The van der Waals surface area contributed by atoms with Crippen LogP contribution in [-0.4, -0.2) is 19.2 Å². The van der Waals surface area contributed by atoms with Crippen LogP contribution in [0.25, 0.3) is 11.1 Å². The first-order valence-electron chi connectivity index (χ1n) is 7.19. The second-order valence-electron chi connectivity index (χ2n) is 5.22. The molecule has 1 N–H and O–H groups in total. The van der Waals surface area contributed by atoms with Crippen LogP contribution in [0.5, 0.6) is 5.75 Å². The second kappa shape index (κ2) is 7.11. The summed E-state index contributed by atoms with van der Waals surface area (Å²) in [4.78, 5) is 0. The number of benzene rings is 2. The maximum atomic E-state index is 6.13. The summed E-state index contributed by atoms with van der Waals surface area (Å²) in [6, 6.07) is 19.1. The number of para-hydroxylation sites is 1. The van der Waals surface area contributed by atoms with Crippen molar-refractivity contribution in [3.8, 4) is 16.9 Å². The van der Waals surface area contributed by atoms with Gasteiger partial charge in [0.15, 0.2) is 0 Å². The molecule has 2 rings (SSSR count). The van der Waals surface area contributed by atoms with Crippen molar-refractivity contribution >= 4 is 0 Å². The Labute approximate surface area is 121 Å². The van der Waals surface area contributed by atoms with Crippen LogP contribution in [0.3, 0.4) is 0 Å². The molecule has 2 aromatic rings. The largest absolute Gasteiger partial charge is 0.490 e. The number of hydrogen-bond donors (Lipinski definition) is 1. The highest BCUT2D eigenvalue weighted by atomic mass is 16.5. The van der Waals surface area contributed by atoms with Crippen molar-refractivity contribution in [3.63, 3.8) is 0 Å². The standard InChI is InChI=1S/C18H23NO/c1-14(19-3)13-15(2)20-18-12-8-7-11-17(18)16-9-5-4-6-10-16/h4-12,14-15,19H,13H2,1-3H3. The zero-order valence-electron chi connectivity index (χ0n) is 12.5. The van der Waals surface area contributed by atoms with Crippen LogP contribution in [0, 0.1) is 0 Å². The van der Waals surface area contributed by atoms with Crippen molar-refractivity contribution in [1.29, 1.82) is 0 Å². The predicted molar refractivity (Wildman–Crippen MR) is 85.1 cm³/mol. The average molecular weight is 269 g/mol. The van der Waals surface area contributed by atoms with E-state index in [0.717, 1.165) is 17.7 Å². The predicted octanol–water partition coefficient (Wildman–Crippen LogP) is 4.12. The van der Waals surface area contributed by atoms with Crippen molar-refractivity contribution in [2.75, 3.05) is 7.05 Å². The molecule has 0 saturated carbocycles. The molecule has 0 amide bonds. The lowest BCUT2D eigenvalue weighted by Crippen LogP contribution is -2.28. The van der Waals surface area contributed by atoms with E-state index in [9.17, 15) is 0 Å². The average Bonchev–Trinajstić information content (AvgIpc) is 2.48. The SMILES string of the molecule is CNC(C)CC(C)Oc1ccccc1-c1ccccc1. The van der Waals surface area contributed by atoms with Gasteiger partial charge in [-0.25, -0.2) is 0 Å². The highest BCUT2D eigenvalue weighted by Crippen LogP contribution is 2.30. The normalized spacial score (nSPS) is 13.8. The van der Waals surface area contributed by atoms with E-state index in [-0.39, 0.29) is 6.10 Å². The molecule has 2 atom stereocenters. The molecule has 0 bridgehead atoms. The molecule has 0 fully saturated rings. The van der Waals surface area contributed by atoms with Gasteiger partial charge in [-0.1, -0.05) is 48.5 Å². The van der Waals surface area contributed by atoms with Gasteiger partial charge in [-0.2, -0.15) is 0 Å². The van der Waals surface area contributed by atoms with Gasteiger partial charge in [0, 0.05) is 11.6 Å². The van der Waals surface area contributed by atoms with Gasteiger partial charge in [0.05, 0.1) is 6.10 Å². The Morgan fingerprint density at radius 3 is 2.30 bits per heavy atom. The van der Waals surface area contributed by atoms with Gasteiger partial charge in [-0.15, -0.1) is 0 Å². The maximum Gasteiger partial charge on any atom is 0.127 e. The third-order valence-corrected chi connectivity index (χ3v) is 3.48. The van der Waals surface area contributed by atoms with Gasteiger partial charge < -0.3 is 10.1 Å². The molecule has 0 aliphatic carbocycles. The number of nitrogens with one attached hydrogen (secondary N) is 1. The van der Waals surface area contributed by atoms with Crippen molar-refractivity contribution in [3.05, 3.63) is 54.6 Å². The van der Waals surface area contributed by atoms with Crippen LogP contribution in [0.1, 0.15) is 20.3 Å². The van der Waals surface area contributed by atoms with Crippen LogP contribution in [0.2, 0.25) is 0 Å². The van der Waals surface area contributed by atoms with Crippen LogP contribution in [0.15, 0.2) is 54.6 Å². The third kappa shape index (κ3) is 3.84. The summed E-state index contributed by atoms with van der Waals surface area (Å²) >= 11 is 0. The lowest BCUT2D eigenvalue weighted by Gasteiger charge is -2.20. The molecule has 2 aromatic carbocycles. The monoisotopic (exact) mass is 269 g/mol. The first-order valence-corrected chi connectivity index (χ1v) is 7.19. The molecular formula is C18H23NO. The zero-order valence-corrected chi connectivity index (χ0v) is 12.5. The summed E-state index contributed by atoms with van der Waals surface area (Å²) < 4.78 is 6.13. The molecule has 0 saturated heterocycles. The van der Waals surface area contributed by atoms with Gasteiger partial charge in [-0.05, 0) is 38.9 Å². The zero-order chi connectivity index (χ0) is 14.4. The van der Waals surface area contributed by atoms with E-state index in [4.69, 9.17) is 4.74 Å². The lowest BCUT2D eigenvalue weighted by molar-refractivity contribution is 0.198. The summed E-state index contributed by atoms with van der Waals surface area (Å²) in [6.45, 7) is 4.29. The first-order chi connectivity index (χ1) is 9.70. The molecule has 0 aromatic heterocycles. The number of ether oxygens (including phenoxy) is 1. The molecule has 20 heavy (non-hydrogen) atoms. The lowest BCUT2D eigenvalue weighted by atomic mass is 10.0. The Balaban J connectivity index is 2.17. The Morgan fingerprint density at radius 1 is 0.950 bits per heavy atom. The van der Waals surface area contributed by atoms with Crippen molar-refractivity contribution < 1.29 is 4.74 Å². The summed E-state index contributed by atoms with van der Waals surface area (Å²) in [6.07, 6.45) is 1.17. The van der Waals surface area contributed by atoms with Crippen LogP contribution >= 0.6 is 0 Å². The highest BCUT2D eigenvalue weighted by molar-refractivity contribution is 5.70. The van der Waals surface area contributed by atoms with E-state index in [2.05, 4.69) is 55.6 Å². The Kier molecular flexibility index (Phi) is 5.19. The van der Waals surface area contributed by atoms with Gasteiger partial charge in [0.25, 0.3) is 0 Å². The minimum Gasteiger partial charge on any atom is -0.490 e. The molecule has 106 valence electrons. The van der Waals surface area contributed by atoms with E-state index >= 15 is 0 Å². The quantitative estimate of drug-likeness (QED) is 0.851. The van der Waals surface area contributed by atoms with Crippen LogP contribution < -0.4 is 10.1 Å². The van der Waals surface area contributed by atoms with Gasteiger partial charge in [0.2, 0.25) is 0 Å². The second-order valence-corrected chi connectivity index (χ2v) is 5.22. The minimum atomic E-state index is 0.183. The smallest absolute Gasteiger partial charge is 0.127 e. The van der Waals surface area contributed by atoms with E-state index < -0.39 is 0 Å². The summed E-state index contributed by atoms with van der Waals surface area (Å²) in [5.74, 6) is 0.953. The van der Waals surface area contributed by atoms with E-state index in [0.29, 0.717) is 6.04 Å². The molecule has 2 unspecified atom stereocenters. The number of rotatable bonds is 6. The molecule has 0 radical (unpaired) electrons. The molecule has 0 heterocycles. The van der Waals surface area contributed by atoms with E-state index in [1.54, 1.807) is 0 Å². The molecule has 0 aliphatic rings. The fourth-order valence-corrected chi connectivity index (χ4v) is 2.31. The molecule has 0 aliphatic heterocycles. The Bertz CT molecular complexity index is 524. The fourth-order valence-electron chi connectivity index (χ4n) is 2.31. The van der Waals surface area contributed by atoms with Crippen molar-refractivity contribution in [2.45, 2.75) is 32.4 Å². The molecular weight excluding hydrogens is 246 g/mol. The Hall–Kier alpha value is -1.80. The topological polar surface area (TPSA) is 21.3 Å².